The van der Waals surface area contributed by atoms with E-state index in [9.17, 15) is 4.79 Å². The second-order valence-electron chi connectivity index (χ2n) is 3.38. The van der Waals surface area contributed by atoms with Gasteiger partial charge in [-0.2, -0.15) is 0 Å². The van der Waals surface area contributed by atoms with Crippen molar-refractivity contribution in [1.29, 1.82) is 0 Å². The van der Waals surface area contributed by atoms with Crippen LogP contribution in [0.25, 0.3) is 6.08 Å². The molecule has 0 atom stereocenters. The van der Waals surface area contributed by atoms with Gasteiger partial charge < -0.3 is 5.21 Å². The van der Waals surface area contributed by atoms with Crippen molar-refractivity contribution in [3.05, 3.63) is 40.3 Å². The Labute approximate surface area is 97.0 Å². The average molecular weight is 234 g/mol. The quantitative estimate of drug-likeness (QED) is 0.443. The number of aryl methyl sites for hydroxylation is 1. The molecule has 1 aromatic rings. The highest BCUT2D eigenvalue weighted by molar-refractivity contribution is 8.18. The van der Waals surface area contributed by atoms with Crippen molar-refractivity contribution in [2.75, 3.05) is 0 Å². The molecule has 0 aliphatic carbocycles. The molecule has 0 spiro atoms. The molecule has 82 valence electrons. The summed E-state index contributed by atoms with van der Waals surface area (Å²) >= 11 is 1.12. The van der Waals surface area contributed by atoms with Gasteiger partial charge >= 0.3 is 0 Å². The van der Waals surface area contributed by atoms with Crippen molar-refractivity contribution >= 4 is 28.9 Å². The first-order valence-electron chi connectivity index (χ1n) is 4.68. The summed E-state index contributed by atoms with van der Waals surface area (Å²) in [4.78, 5) is 11.9. The normalized spacial score (nSPS) is 20.4. The van der Waals surface area contributed by atoms with Crippen molar-refractivity contribution in [1.82, 2.24) is 5.32 Å². The fourth-order valence-electron chi connectivity index (χ4n) is 1.29. The minimum absolute atomic E-state index is 0.211. The van der Waals surface area contributed by atoms with E-state index in [1.807, 2.05) is 31.2 Å². The number of oxime groups is 1. The van der Waals surface area contributed by atoms with Gasteiger partial charge in [0, 0.05) is 0 Å². The van der Waals surface area contributed by atoms with Crippen molar-refractivity contribution in [2.24, 2.45) is 5.16 Å². The van der Waals surface area contributed by atoms with E-state index >= 15 is 0 Å². The monoisotopic (exact) mass is 234 g/mol. The molecule has 1 aromatic carbocycles. The maximum atomic E-state index is 11.4. The first kappa shape index (κ1) is 10.8. The van der Waals surface area contributed by atoms with Gasteiger partial charge in [-0.05, 0) is 30.3 Å². The SMILES string of the molecule is Cc1ccc(/C=C2/S/C(=N\O)NC2=O)cc1. The molecule has 5 heteroatoms. The van der Waals surface area contributed by atoms with Crippen molar-refractivity contribution in [3.8, 4) is 0 Å². The third-order valence-electron chi connectivity index (χ3n) is 2.12. The highest BCUT2D eigenvalue weighted by Gasteiger charge is 2.23. The van der Waals surface area contributed by atoms with Crippen molar-refractivity contribution in [2.45, 2.75) is 6.92 Å². The zero-order chi connectivity index (χ0) is 11.5. The molecule has 2 rings (SSSR count). The van der Waals surface area contributed by atoms with Gasteiger partial charge in [0.25, 0.3) is 5.91 Å². The van der Waals surface area contributed by atoms with Crippen LogP contribution in [0.1, 0.15) is 11.1 Å². The molecule has 1 aliphatic rings. The molecule has 0 unspecified atom stereocenters. The molecule has 2 N–H and O–H groups in total. The largest absolute Gasteiger partial charge is 0.409 e. The topological polar surface area (TPSA) is 61.7 Å². The molecule has 0 radical (unpaired) electrons. The number of carbonyl (C=O) groups excluding carboxylic acids is 1. The van der Waals surface area contributed by atoms with E-state index in [0.717, 1.165) is 17.3 Å². The number of carbonyl (C=O) groups is 1. The number of amides is 1. The average Bonchev–Trinajstić information content (AvgIpc) is 2.63. The van der Waals surface area contributed by atoms with E-state index in [1.165, 1.54) is 5.56 Å². The zero-order valence-electron chi connectivity index (χ0n) is 8.60. The van der Waals surface area contributed by atoms with E-state index in [0.29, 0.717) is 4.91 Å². The molecular weight excluding hydrogens is 224 g/mol. The minimum atomic E-state index is -0.238. The summed E-state index contributed by atoms with van der Waals surface area (Å²) in [6.07, 6.45) is 1.76. The number of amidine groups is 1. The smallest absolute Gasteiger partial charge is 0.264 e. The number of hydrogen-bond acceptors (Lipinski definition) is 4. The molecule has 16 heavy (non-hydrogen) atoms. The van der Waals surface area contributed by atoms with Gasteiger partial charge in [-0.1, -0.05) is 35.0 Å². The van der Waals surface area contributed by atoms with Gasteiger partial charge in [-0.3, -0.25) is 10.1 Å². The van der Waals surface area contributed by atoms with Crippen LogP contribution < -0.4 is 5.32 Å². The van der Waals surface area contributed by atoms with Crippen LogP contribution in [-0.2, 0) is 4.79 Å². The third-order valence-corrected chi connectivity index (χ3v) is 3.02. The van der Waals surface area contributed by atoms with Crippen LogP contribution >= 0.6 is 11.8 Å². The van der Waals surface area contributed by atoms with Crippen LogP contribution in [0.3, 0.4) is 0 Å². The molecule has 0 saturated carbocycles. The Balaban J connectivity index is 2.25. The molecule has 0 aromatic heterocycles. The van der Waals surface area contributed by atoms with Crippen LogP contribution in [0, 0.1) is 6.92 Å². The molecule has 1 fully saturated rings. The number of thioether (sulfide) groups is 1. The second kappa shape index (κ2) is 4.40. The van der Waals surface area contributed by atoms with E-state index in [1.54, 1.807) is 6.08 Å². The number of benzene rings is 1. The highest BCUT2D eigenvalue weighted by atomic mass is 32.2. The molecular formula is C11H10N2O2S. The third kappa shape index (κ3) is 2.25. The summed E-state index contributed by atoms with van der Waals surface area (Å²) in [5.41, 5.74) is 2.12. The fourth-order valence-corrected chi connectivity index (χ4v) is 2.02. The minimum Gasteiger partial charge on any atom is -0.409 e. The van der Waals surface area contributed by atoms with Crippen molar-refractivity contribution < 1.29 is 10.0 Å². The molecule has 1 amide bonds. The summed E-state index contributed by atoms with van der Waals surface area (Å²) in [7, 11) is 0. The van der Waals surface area contributed by atoms with Gasteiger partial charge in [-0.15, -0.1) is 0 Å². The fraction of sp³-hybridized carbons (Fsp3) is 0.0909. The Morgan fingerprint density at radius 2 is 2.06 bits per heavy atom. The Hall–Kier alpha value is -1.75. The summed E-state index contributed by atoms with van der Waals surface area (Å²) in [6.45, 7) is 2.00. The Morgan fingerprint density at radius 1 is 1.38 bits per heavy atom. The lowest BCUT2D eigenvalue weighted by molar-refractivity contribution is -0.115. The van der Waals surface area contributed by atoms with E-state index in [2.05, 4.69) is 10.5 Å². The summed E-state index contributed by atoms with van der Waals surface area (Å²) in [5, 5.41) is 14.1. The molecule has 1 heterocycles. The van der Waals surface area contributed by atoms with Gasteiger partial charge in [0.05, 0.1) is 4.91 Å². The van der Waals surface area contributed by atoms with E-state index in [-0.39, 0.29) is 11.1 Å². The number of rotatable bonds is 1. The van der Waals surface area contributed by atoms with Crippen molar-refractivity contribution in [3.63, 3.8) is 0 Å². The molecule has 4 nitrogen and oxygen atoms in total. The molecule has 1 saturated heterocycles. The van der Waals surface area contributed by atoms with Crippen LogP contribution in [0.4, 0.5) is 0 Å². The zero-order valence-corrected chi connectivity index (χ0v) is 9.41. The van der Waals surface area contributed by atoms with Gasteiger partial charge in [0.15, 0.2) is 0 Å². The maximum absolute atomic E-state index is 11.4. The summed E-state index contributed by atoms with van der Waals surface area (Å²) < 4.78 is 0. The van der Waals surface area contributed by atoms with Crippen LogP contribution in [-0.4, -0.2) is 16.3 Å². The summed E-state index contributed by atoms with van der Waals surface area (Å²) in [6, 6.07) is 7.82. The number of hydrogen-bond donors (Lipinski definition) is 2. The Bertz CT molecular complexity index is 477. The predicted molar refractivity (Wildman–Crippen MR) is 64.1 cm³/mol. The predicted octanol–water partition coefficient (Wildman–Crippen LogP) is 1.94. The Kier molecular flexibility index (Phi) is 2.96. The first-order chi connectivity index (χ1) is 7.69. The molecule has 1 aliphatic heterocycles. The lowest BCUT2D eigenvalue weighted by Gasteiger charge is -1.95. The van der Waals surface area contributed by atoms with Crippen LogP contribution in [0.5, 0.6) is 0 Å². The van der Waals surface area contributed by atoms with E-state index in [4.69, 9.17) is 5.21 Å². The van der Waals surface area contributed by atoms with Crippen LogP contribution in [0.15, 0.2) is 34.3 Å². The number of nitrogens with zero attached hydrogens (tertiary/aromatic N) is 1. The van der Waals surface area contributed by atoms with Gasteiger partial charge in [-0.25, -0.2) is 0 Å². The summed E-state index contributed by atoms with van der Waals surface area (Å²) in [5.74, 6) is -0.238. The van der Waals surface area contributed by atoms with Crippen LogP contribution in [0.2, 0.25) is 0 Å². The number of nitrogens with one attached hydrogen (secondary N) is 1. The van der Waals surface area contributed by atoms with Gasteiger partial charge in [0.1, 0.15) is 0 Å². The van der Waals surface area contributed by atoms with E-state index < -0.39 is 0 Å². The molecule has 0 bridgehead atoms. The maximum Gasteiger partial charge on any atom is 0.264 e. The second-order valence-corrected chi connectivity index (χ2v) is 4.41. The highest BCUT2D eigenvalue weighted by Crippen LogP contribution is 2.25. The standard InChI is InChI=1S/C11H10N2O2S/c1-7-2-4-8(5-3-7)6-9-10(14)12-11(13-15)16-9/h2-6,15H,1H3,(H,12,13,14)/b9-6+. The first-order valence-corrected chi connectivity index (χ1v) is 5.50. The van der Waals surface area contributed by atoms with Gasteiger partial charge in [0.2, 0.25) is 5.17 Å². The lowest BCUT2D eigenvalue weighted by Crippen LogP contribution is -2.19. The lowest BCUT2D eigenvalue weighted by atomic mass is 10.1. The Morgan fingerprint density at radius 3 is 2.62 bits per heavy atom.